The van der Waals surface area contributed by atoms with E-state index in [4.69, 9.17) is 6.42 Å². The molecule has 0 heterocycles. The van der Waals surface area contributed by atoms with E-state index in [0.29, 0.717) is 12.3 Å². The summed E-state index contributed by atoms with van der Waals surface area (Å²) in [5, 5.41) is 9.87. The zero-order chi connectivity index (χ0) is 9.90. The van der Waals surface area contributed by atoms with Crippen LogP contribution in [0, 0.1) is 23.7 Å². The van der Waals surface area contributed by atoms with Crippen molar-refractivity contribution in [3.05, 3.63) is 0 Å². The largest absolute Gasteiger partial charge is 0.392 e. The zero-order valence-electron chi connectivity index (χ0n) is 8.71. The Bertz CT molecular complexity index is 200. The Morgan fingerprint density at radius 1 is 1.54 bits per heavy atom. The fraction of sp³-hybridized carbons (Fsp3) is 0.833. The second-order valence-electron chi connectivity index (χ2n) is 4.82. The first kappa shape index (κ1) is 10.6. The summed E-state index contributed by atoms with van der Waals surface area (Å²) in [6.45, 7) is 4.49. The van der Waals surface area contributed by atoms with E-state index in [1.165, 1.54) is 19.3 Å². The van der Waals surface area contributed by atoms with Crippen molar-refractivity contribution in [1.29, 1.82) is 0 Å². The summed E-state index contributed by atoms with van der Waals surface area (Å²) in [6.07, 6.45) is 10.3. The predicted molar refractivity (Wildman–Crippen MR) is 55.2 cm³/mol. The molecule has 1 fully saturated rings. The zero-order valence-corrected chi connectivity index (χ0v) is 8.71. The van der Waals surface area contributed by atoms with Crippen molar-refractivity contribution in [3.63, 3.8) is 0 Å². The van der Waals surface area contributed by atoms with Crippen LogP contribution in [0.25, 0.3) is 0 Å². The van der Waals surface area contributed by atoms with Gasteiger partial charge < -0.3 is 5.11 Å². The van der Waals surface area contributed by atoms with Crippen LogP contribution in [0.1, 0.15) is 46.0 Å². The molecule has 1 rings (SSSR count). The van der Waals surface area contributed by atoms with Crippen molar-refractivity contribution in [1.82, 2.24) is 0 Å². The molecule has 2 unspecified atom stereocenters. The molecule has 0 radical (unpaired) electrons. The number of rotatable bonds is 2. The molecule has 0 spiro atoms. The van der Waals surface area contributed by atoms with Crippen LogP contribution in [0.3, 0.4) is 0 Å². The molecular formula is C12H20O. The van der Waals surface area contributed by atoms with Gasteiger partial charge in [-0.2, -0.15) is 0 Å². The van der Waals surface area contributed by atoms with E-state index in [9.17, 15) is 5.11 Å². The standard InChI is InChI=1S/C12H20O/c1-4-7-11(13)10-8-5-6-9-12(10,2)3/h1,10-11,13H,5-9H2,2-3H3. The van der Waals surface area contributed by atoms with Gasteiger partial charge in [0, 0.05) is 6.42 Å². The van der Waals surface area contributed by atoms with E-state index in [1.54, 1.807) is 0 Å². The molecule has 0 aromatic heterocycles. The Morgan fingerprint density at radius 2 is 2.23 bits per heavy atom. The highest BCUT2D eigenvalue weighted by Gasteiger charge is 2.36. The quantitative estimate of drug-likeness (QED) is 0.648. The molecule has 0 saturated heterocycles. The highest BCUT2D eigenvalue weighted by molar-refractivity contribution is 4.94. The van der Waals surface area contributed by atoms with Gasteiger partial charge in [0.1, 0.15) is 0 Å². The first-order chi connectivity index (χ1) is 6.08. The van der Waals surface area contributed by atoms with Gasteiger partial charge in [0.15, 0.2) is 0 Å². The Balaban J connectivity index is 2.60. The van der Waals surface area contributed by atoms with Crippen LogP contribution in [-0.2, 0) is 0 Å². The lowest BCUT2D eigenvalue weighted by atomic mass is 9.66. The molecule has 13 heavy (non-hydrogen) atoms. The summed E-state index contributed by atoms with van der Waals surface area (Å²) in [6, 6.07) is 0. The second-order valence-corrected chi connectivity index (χ2v) is 4.82. The Kier molecular flexibility index (Phi) is 3.39. The van der Waals surface area contributed by atoms with Gasteiger partial charge in [-0.15, -0.1) is 12.3 Å². The van der Waals surface area contributed by atoms with Crippen molar-refractivity contribution >= 4 is 0 Å². The van der Waals surface area contributed by atoms with E-state index in [0.717, 1.165) is 6.42 Å². The lowest BCUT2D eigenvalue weighted by Gasteiger charge is -2.41. The first-order valence-electron chi connectivity index (χ1n) is 5.19. The van der Waals surface area contributed by atoms with Crippen molar-refractivity contribution in [3.8, 4) is 12.3 Å². The first-order valence-corrected chi connectivity index (χ1v) is 5.19. The minimum Gasteiger partial charge on any atom is -0.392 e. The van der Waals surface area contributed by atoms with Crippen LogP contribution in [0.2, 0.25) is 0 Å². The summed E-state index contributed by atoms with van der Waals surface area (Å²) in [7, 11) is 0. The van der Waals surface area contributed by atoms with Crippen molar-refractivity contribution < 1.29 is 5.11 Å². The van der Waals surface area contributed by atoms with E-state index in [-0.39, 0.29) is 11.5 Å². The van der Waals surface area contributed by atoms with Gasteiger partial charge in [-0.05, 0) is 24.2 Å². The third-order valence-corrected chi connectivity index (χ3v) is 3.38. The molecule has 0 amide bonds. The Hall–Kier alpha value is -0.480. The highest BCUT2D eigenvalue weighted by atomic mass is 16.3. The average molecular weight is 180 g/mol. The molecule has 0 aromatic carbocycles. The molecule has 0 aliphatic heterocycles. The van der Waals surface area contributed by atoms with Gasteiger partial charge in [-0.1, -0.05) is 26.7 Å². The van der Waals surface area contributed by atoms with E-state index in [1.807, 2.05) is 0 Å². The summed E-state index contributed by atoms with van der Waals surface area (Å²) in [5.74, 6) is 2.95. The topological polar surface area (TPSA) is 20.2 Å². The molecule has 1 saturated carbocycles. The van der Waals surface area contributed by atoms with E-state index < -0.39 is 0 Å². The highest BCUT2D eigenvalue weighted by Crippen LogP contribution is 2.42. The lowest BCUT2D eigenvalue weighted by molar-refractivity contribution is 0.00847. The monoisotopic (exact) mass is 180 g/mol. The van der Waals surface area contributed by atoms with Crippen molar-refractivity contribution in [2.24, 2.45) is 11.3 Å². The summed E-state index contributed by atoms with van der Waals surface area (Å²) in [5.41, 5.74) is 0.272. The second kappa shape index (κ2) is 4.15. The predicted octanol–water partition coefficient (Wildman–Crippen LogP) is 2.59. The number of hydrogen-bond acceptors (Lipinski definition) is 1. The van der Waals surface area contributed by atoms with Crippen LogP contribution in [0.5, 0.6) is 0 Å². The third kappa shape index (κ3) is 2.48. The fourth-order valence-corrected chi connectivity index (χ4v) is 2.50. The van der Waals surface area contributed by atoms with E-state index in [2.05, 4.69) is 19.8 Å². The summed E-state index contributed by atoms with van der Waals surface area (Å²) in [4.78, 5) is 0. The summed E-state index contributed by atoms with van der Waals surface area (Å²) < 4.78 is 0. The maximum Gasteiger partial charge on any atom is 0.0682 e. The summed E-state index contributed by atoms with van der Waals surface area (Å²) >= 11 is 0. The minimum absolute atomic E-state index is 0.272. The number of terminal acetylenes is 1. The number of hydrogen-bond donors (Lipinski definition) is 1. The molecule has 1 heteroatoms. The van der Waals surface area contributed by atoms with Gasteiger partial charge in [0.25, 0.3) is 0 Å². The van der Waals surface area contributed by atoms with Crippen LogP contribution in [0.4, 0.5) is 0 Å². The maximum atomic E-state index is 9.87. The lowest BCUT2D eigenvalue weighted by Crippen LogP contribution is -2.36. The van der Waals surface area contributed by atoms with Gasteiger partial charge in [-0.3, -0.25) is 0 Å². The van der Waals surface area contributed by atoms with Gasteiger partial charge in [0.05, 0.1) is 6.10 Å². The molecule has 74 valence electrons. The van der Waals surface area contributed by atoms with Gasteiger partial charge in [-0.25, -0.2) is 0 Å². The van der Waals surface area contributed by atoms with Crippen LogP contribution in [-0.4, -0.2) is 11.2 Å². The molecule has 2 atom stereocenters. The van der Waals surface area contributed by atoms with Gasteiger partial charge in [0.2, 0.25) is 0 Å². The smallest absolute Gasteiger partial charge is 0.0682 e. The minimum atomic E-state index is -0.291. The SMILES string of the molecule is C#CCC(O)C1CCCCC1(C)C. The average Bonchev–Trinajstić information content (AvgIpc) is 2.03. The fourth-order valence-electron chi connectivity index (χ4n) is 2.50. The van der Waals surface area contributed by atoms with Gasteiger partial charge >= 0.3 is 0 Å². The van der Waals surface area contributed by atoms with Crippen molar-refractivity contribution in [2.75, 3.05) is 0 Å². The third-order valence-electron chi connectivity index (χ3n) is 3.38. The molecule has 1 aliphatic carbocycles. The molecule has 1 nitrogen and oxygen atoms in total. The molecule has 1 N–H and O–H groups in total. The van der Waals surface area contributed by atoms with Crippen LogP contribution in [0.15, 0.2) is 0 Å². The molecule has 0 bridgehead atoms. The molecular weight excluding hydrogens is 160 g/mol. The van der Waals surface area contributed by atoms with E-state index >= 15 is 0 Å². The number of aliphatic hydroxyl groups is 1. The normalized spacial score (nSPS) is 29.2. The van der Waals surface area contributed by atoms with Crippen LogP contribution >= 0.6 is 0 Å². The number of aliphatic hydroxyl groups excluding tert-OH is 1. The molecule has 0 aromatic rings. The Morgan fingerprint density at radius 3 is 2.77 bits per heavy atom. The Labute approximate surface area is 81.5 Å². The van der Waals surface area contributed by atoms with Crippen molar-refractivity contribution in [2.45, 2.75) is 52.1 Å². The maximum absolute atomic E-state index is 9.87. The van der Waals surface area contributed by atoms with Crippen LogP contribution < -0.4 is 0 Å². The molecule has 1 aliphatic rings.